The van der Waals surface area contributed by atoms with Gasteiger partial charge in [0, 0.05) is 38.9 Å². The van der Waals surface area contributed by atoms with Gasteiger partial charge in [-0.2, -0.15) is 0 Å². The average molecular weight is 404 g/mol. The van der Waals surface area contributed by atoms with Crippen LogP contribution in [0.1, 0.15) is 51.9 Å². The van der Waals surface area contributed by atoms with Crippen LogP contribution in [-0.4, -0.2) is 65.7 Å². The van der Waals surface area contributed by atoms with E-state index in [2.05, 4.69) is 20.2 Å². The molecule has 0 aromatic carbocycles. The fraction of sp³-hybridized carbons (Fsp3) is 0.682. The van der Waals surface area contributed by atoms with Gasteiger partial charge in [-0.15, -0.1) is 0 Å². The number of ether oxygens (including phenoxy) is 1. The summed E-state index contributed by atoms with van der Waals surface area (Å²) in [4.78, 5) is 25.5. The van der Waals surface area contributed by atoms with Gasteiger partial charge in [-0.25, -0.2) is 4.79 Å². The third kappa shape index (κ3) is 7.55. The summed E-state index contributed by atoms with van der Waals surface area (Å²) >= 11 is 0. The van der Waals surface area contributed by atoms with Crippen LogP contribution in [0.5, 0.6) is 0 Å². The minimum absolute atomic E-state index is 0.217. The zero-order chi connectivity index (χ0) is 21.4. The van der Waals surface area contributed by atoms with Crippen LogP contribution in [0, 0.1) is 12.8 Å². The maximum absolute atomic E-state index is 12.4. The molecule has 0 atom stereocenters. The second kappa shape index (κ2) is 10.5. The predicted octanol–water partition coefficient (Wildman–Crippen LogP) is 3.43. The zero-order valence-corrected chi connectivity index (χ0v) is 18.9. The molecule has 1 aliphatic heterocycles. The van der Waals surface area contributed by atoms with Crippen molar-refractivity contribution in [3.05, 3.63) is 29.6 Å². The van der Waals surface area contributed by atoms with Gasteiger partial charge >= 0.3 is 6.09 Å². The van der Waals surface area contributed by atoms with E-state index in [9.17, 15) is 4.79 Å². The Balaban J connectivity index is 1.82. The van der Waals surface area contributed by atoms with Crippen molar-refractivity contribution in [3.8, 4) is 0 Å². The van der Waals surface area contributed by atoms with Crippen LogP contribution < -0.4 is 5.32 Å². The van der Waals surface area contributed by atoms with E-state index in [1.807, 2.05) is 64.8 Å². The van der Waals surface area contributed by atoms with Crippen molar-refractivity contribution in [1.82, 2.24) is 20.1 Å². The molecule has 1 N–H and O–H groups in total. The number of rotatable bonds is 5. The topological polar surface area (TPSA) is 70.1 Å². The average Bonchev–Trinajstić information content (AvgIpc) is 2.66. The molecule has 2 rings (SSSR count). The maximum atomic E-state index is 12.4. The van der Waals surface area contributed by atoms with E-state index in [1.54, 1.807) is 0 Å². The smallest absolute Gasteiger partial charge is 0.410 e. The molecule has 0 spiro atoms. The molecule has 1 aromatic rings. The first-order valence-corrected chi connectivity index (χ1v) is 10.6. The van der Waals surface area contributed by atoms with Crippen LogP contribution >= 0.6 is 0 Å². The van der Waals surface area contributed by atoms with Gasteiger partial charge in [0.2, 0.25) is 0 Å². The number of aliphatic imine (C=N–C) groups is 1. The molecule has 2 heterocycles. The first-order valence-electron chi connectivity index (χ1n) is 10.6. The van der Waals surface area contributed by atoms with Crippen LogP contribution in [0.2, 0.25) is 0 Å². The van der Waals surface area contributed by atoms with Gasteiger partial charge in [0.1, 0.15) is 5.60 Å². The van der Waals surface area contributed by atoms with Gasteiger partial charge in [-0.1, -0.05) is 6.07 Å². The number of aryl methyl sites for hydroxylation is 1. The quantitative estimate of drug-likeness (QED) is 0.602. The Morgan fingerprint density at radius 3 is 2.59 bits per heavy atom. The number of nitrogens with one attached hydrogen (secondary N) is 1. The largest absolute Gasteiger partial charge is 0.444 e. The van der Waals surface area contributed by atoms with Gasteiger partial charge in [-0.3, -0.25) is 9.98 Å². The Hall–Kier alpha value is -2.31. The van der Waals surface area contributed by atoms with Crippen LogP contribution in [0.4, 0.5) is 4.79 Å². The number of amides is 1. The molecule has 1 aromatic heterocycles. The number of piperidine rings is 1. The van der Waals surface area contributed by atoms with Crippen molar-refractivity contribution in [1.29, 1.82) is 0 Å². The van der Waals surface area contributed by atoms with E-state index in [1.165, 1.54) is 0 Å². The molecular weight excluding hydrogens is 366 g/mol. The van der Waals surface area contributed by atoms with Crippen molar-refractivity contribution in [2.45, 2.75) is 59.6 Å². The third-order valence-electron chi connectivity index (χ3n) is 5.01. The lowest BCUT2D eigenvalue weighted by molar-refractivity contribution is 0.0214. The summed E-state index contributed by atoms with van der Waals surface area (Å²) in [6.07, 6.45) is 1.84. The van der Waals surface area contributed by atoms with E-state index in [0.717, 1.165) is 49.8 Å². The number of nitrogens with zero attached hydrogens (tertiary/aromatic N) is 4. The Labute approximate surface area is 175 Å². The van der Waals surface area contributed by atoms with Crippen molar-refractivity contribution in [3.63, 3.8) is 0 Å². The normalized spacial score (nSPS) is 15.9. The molecular formula is C22H37N5O2. The van der Waals surface area contributed by atoms with Crippen molar-refractivity contribution < 1.29 is 9.53 Å². The van der Waals surface area contributed by atoms with Crippen molar-refractivity contribution >= 4 is 12.1 Å². The van der Waals surface area contributed by atoms with Crippen LogP contribution in [-0.2, 0) is 11.3 Å². The Kier molecular flexibility index (Phi) is 8.29. The van der Waals surface area contributed by atoms with E-state index in [4.69, 9.17) is 4.74 Å². The molecule has 7 nitrogen and oxygen atoms in total. The fourth-order valence-corrected chi connectivity index (χ4v) is 3.50. The first-order chi connectivity index (χ1) is 13.7. The highest BCUT2D eigenvalue weighted by Crippen LogP contribution is 2.20. The van der Waals surface area contributed by atoms with Crippen LogP contribution in [0.3, 0.4) is 0 Å². The molecule has 0 saturated carbocycles. The second-order valence-corrected chi connectivity index (χ2v) is 8.62. The molecule has 0 aliphatic carbocycles. The van der Waals surface area contributed by atoms with E-state index in [-0.39, 0.29) is 6.09 Å². The molecule has 0 unspecified atom stereocenters. The third-order valence-corrected chi connectivity index (χ3v) is 5.01. The standard InChI is InChI=1S/C22H37N5O2/c1-7-26(21(28)29-22(3,4)5)16-18-11-13-27(14-12-18)20(23-6)24-15-19-10-8-9-17(2)25-19/h8-10,18H,7,11-16H2,1-6H3,(H,23,24). The van der Waals surface area contributed by atoms with Crippen LogP contribution in [0.25, 0.3) is 0 Å². The minimum atomic E-state index is -0.460. The second-order valence-electron chi connectivity index (χ2n) is 8.62. The molecule has 162 valence electrons. The first kappa shape index (κ1) is 23.0. The van der Waals surface area contributed by atoms with Gasteiger partial charge in [0.05, 0.1) is 12.2 Å². The summed E-state index contributed by atoms with van der Waals surface area (Å²) in [6.45, 7) is 13.7. The van der Waals surface area contributed by atoms with Gasteiger partial charge in [0.15, 0.2) is 5.96 Å². The molecule has 1 amide bonds. The summed E-state index contributed by atoms with van der Waals surface area (Å²) in [5.74, 6) is 1.39. The van der Waals surface area contributed by atoms with E-state index < -0.39 is 5.60 Å². The lowest BCUT2D eigenvalue weighted by Gasteiger charge is -2.36. The SMILES string of the molecule is CCN(CC1CCN(C(=NC)NCc2cccc(C)n2)CC1)C(=O)OC(C)(C)C. The summed E-state index contributed by atoms with van der Waals surface area (Å²) in [5.41, 5.74) is 1.57. The van der Waals surface area contributed by atoms with E-state index >= 15 is 0 Å². The molecule has 1 fully saturated rings. The lowest BCUT2D eigenvalue weighted by Crippen LogP contribution is -2.47. The molecule has 7 heteroatoms. The van der Waals surface area contributed by atoms with Gasteiger partial charge in [0.25, 0.3) is 0 Å². The molecule has 1 saturated heterocycles. The molecule has 29 heavy (non-hydrogen) atoms. The monoisotopic (exact) mass is 403 g/mol. The van der Waals surface area contributed by atoms with Crippen molar-refractivity contribution in [2.24, 2.45) is 10.9 Å². The minimum Gasteiger partial charge on any atom is -0.444 e. The number of hydrogen-bond acceptors (Lipinski definition) is 4. The lowest BCUT2D eigenvalue weighted by atomic mass is 9.96. The highest BCUT2D eigenvalue weighted by atomic mass is 16.6. The van der Waals surface area contributed by atoms with Gasteiger partial charge in [-0.05, 0) is 65.5 Å². The summed E-state index contributed by atoms with van der Waals surface area (Å²) in [5, 5.41) is 3.42. The Morgan fingerprint density at radius 2 is 2.03 bits per heavy atom. The van der Waals surface area contributed by atoms with Crippen molar-refractivity contribution in [2.75, 3.05) is 33.2 Å². The zero-order valence-electron chi connectivity index (χ0n) is 18.9. The maximum Gasteiger partial charge on any atom is 0.410 e. The van der Waals surface area contributed by atoms with Gasteiger partial charge < -0.3 is 19.9 Å². The van der Waals surface area contributed by atoms with Crippen LogP contribution in [0.15, 0.2) is 23.2 Å². The summed E-state index contributed by atoms with van der Waals surface area (Å²) in [7, 11) is 1.82. The molecule has 0 bridgehead atoms. The molecule has 0 radical (unpaired) electrons. The van der Waals surface area contributed by atoms with E-state index in [0.29, 0.717) is 19.0 Å². The number of carbonyl (C=O) groups excluding carboxylic acids is 1. The molecule has 1 aliphatic rings. The number of likely N-dealkylation sites (tertiary alicyclic amines) is 1. The number of guanidine groups is 1. The number of hydrogen-bond donors (Lipinski definition) is 1. The predicted molar refractivity (Wildman–Crippen MR) is 117 cm³/mol. The highest BCUT2D eigenvalue weighted by Gasteiger charge is 2.27. The number of carbonyl (C=O) groups is 1. The number of pyridine rings is 1. The summed E-state index contributed by atoms with van der Waals surface area (Å²) < 4.78 is 5.53. The fourth-order valence-electron chi connectivity index (χ4n) is 3.50. The summed E-state index contributed by atoms with van der Waals surface area (Å²) in [6, 6.07) is 6.05. The Morgan fingerprint density at radius 1 is 1.34 bits per heavy atom. The number of aromatic nitrogens is 1. The highest BCUT2D eigenvalue weighted by molar-refractivity contribution is 5.79. The Bertz CT molecular complexity index is 691.